The Bertz CT molecular complexity index is 1270. The van der Waals surface area contributed by atoms with Crippen LogP contribution in [0, 0.1) is 40.4 Å². The summed E-state index contributed by atoms with van der Waals surface area (Å²) >= 11 is 0. The van der Waals surface area contributed by atoms with E-state index in [0.29, 0.717) is 30.3 Å². The van der Waals surface area contributed by atoms with E-state index >= 15 is 0 Å². The molecule has 1 N–H and O–H groups in total. The van der Waals surface area contributed by atoms with E-state index in [1.807, 2.05) is 13.8 Å². The second-order valence-corrected chi connectivity index (χ2v) is 33.9. The number of hydrogen-bond donors (Lipinski definition) is 1. The lowest BCUT2D eigenvalue weighted by Crippen LogP contribution is -2.47. The van der Waals surface area contributed by atoms with Gasteiger partial charge in [-0.25, -0.2) is 0 Å². The van der Waals surface area contributed by atoms with Crippen molar-refractivity contribution in [1.29, 1.82) is 0 Å². The molecule has 0 aromatic rings. The summed E-state index contributed by atoms with van der Waals surface area (Å²) in [5.41, 5.74) is -0.0380. The molecule has 1 aliphatic heterocycles. The molecule has 0 bridgehead atoms. The molecule has 3 aliphatic rings. The first-order valence-electron chi connectivity index (χ1n) is 17.6. The quantitative estimate of drug-likeness (QED) is 0.182. The van der Waals surface area contributed by atoms with Crippen LogP contribution in [-0.2, 0) is 18.5 Å². The van der Waals surface area contributed by atoms with E-state index in [1.54, 1.807) is 0 Å². The summed E-state index contributed by atoms with van der Waals surface area (Å²) in [5.74, 6) is 3.97. The summed E-state index contributed by atoms with van der Waals surface area (Å²) in [6, 6.07) is 0. The van der Waals surface area contributed by atoms with Gasteiger partial charge >= 0.3 is 0 Å². The van der Waals surface area contributed by atoms with Crippen LogP contribution in [0.1, 0.15) is 75.2 Å². The molecular formula is C37H74O5P4. The van der Waals surface area contributed by atoms with E-state index in [-0.39, 0.29) is 46.8 Å². The maximum atomic E-state index is 10.7. The molecule has 5 nitrogen and oxygen atoms in total. The van der Waals surface area contributed by atoms with E-state index < -0.39 is 28.0 Å². The van der Waals surface area contributed by atoms with E-state index in [0.717, 1.165) is 37.0 Å². The largest absolute Gasteiger partial charge is 0.392 e. The molecule has 0 radical (unpaired) electrons. The average Bonchev–Trinajstić information content (AvgIpc) is 3.31. The predicted octanol–water partition coefficient (Wildman–Crippen LogP) is 9.00. The third-order valence-corrected chi connectivity index (χ3v) is 27.9. The predicted molar refractivity (Wildman–Crippen MR) is 217 cm³/mol. The smallest absolute Gasteiger partial charge is 0.114 e. The van der Waals surface area contributed by atoms with Crippen molar-refractivity contribution in [3.63, 3.8) is 0 Å². The van der Waals surface area contributed by atoms with Crippen molar-refractivity contribution in [1.82, 2.24) is 0 Å². The molecule has 2 aliphatic carbocycles. The summed E-state index contributed by atoms with van der Waals surface area (Å²) in [6.07, 6.45) is 23.3. The van der Waals surface area contributed by atoms with Crippen LogP contribution in [0.3, 0.4) is 0 Å². The SMILES string of the molecule is C=P(C)(CC1CC(C)C(OC)C1OP(=C)(C)OCC1CC(C)C(C)C1O)CP(=C)(C)CP(=C)(C)CC1(C)OC(C)C(C)(C)C1(C)C. The van der Waals surface area contributed by atoms with Crippen molar-refractivity contribution >= 4 is 53.2 Å². The van der Waals surface area contributed by atoms with Crippen LogP contribution in [0.5, 0.6) is 0 Å². The molecule has 0 aromatic carbocycles. The monoisotopic (exact) mass is 722 g/mol. The van der Waals surface area contributed by atoms with E-state index in [4.69, 9.17) is 37.4 Å². The molecule has 2 saturated carbocycles. The Morgan fingerprint density at radius 2 is 1.33 bits per heavy atom. The molecule has 14 unspecified atom stereocenters. The Kier molecular flexibility index (Phi) is 12.8. The molecule has 46 heavy (non-hydrogen) atoms. The maximum Gasteiger partial charge on any atom is 0.114 e. The molecule has 3 fully saturated rings. The highest BCUT2D eigenvalue weighted by molar-refractivity contribution is 7.95. The zero-order valence-corrected chi connectivity index (χ0v) is 35.9. The van der Waals surface area contributed by atoms with Crippen molar-refractivity contribution in [2.24, 2.45) is 40.4 Å². The Morgan fingerprint density at radius 3 is 1.80 bits per heavy atom. The number of methoxy groups -OCH3 is 1. The summed E-state index contributed by atoms with van der Waals surface area (Å²) < 4.78 is 26.1. The molecule has 14 atom stereocenters. The second-order valence-electron chi connectivity index (χ2n) is 18.7. The maximum absolute atomic E-state index is 10.7. The van der Waals surface area contributed by atoms with Crippen LogP contribution in [0.4, 0.5) is 0 Å². The second kappa shape index (κ2) is 14.2. The lowest BCUT2D eigenvalue weighted by molar-refractivity contribution is -0.0424. The highest BCUT2D eigenvalue weighted by Crippen LogP contribution is 2.68. The molecule has 0 aromatic heterocycles. The highest BCUT2D eigenvalue weighted by Gasteiger charge is 2.61. The van der Waals surface area contributed by atoms with Crippen molar-refractivity contribution in [2.75, 3.05) is 64.5 Å². The summed E-state index contributed by atoms with van der Waals surface area (Å²) in [4.78, 5) is 0. The third kappa shape index (κ3) is 9.07. The van der Waals surface area contributed by atoms with E-state index in [2.05, 4.69) is 88.6 Å². The Balaban J connectivity index is 1.69. The van der Waals surface area contributed by atoms with Crippen LogP contribution >= 0.6 is 28.0 Å². The molecule has 9 heteroatoms. The van der Waals surface area contributed by atoms with Crippen LogP contribution < -0.4 is 0 Å². The summed E-state index contributed by atoms with van der Waals surface area (Å²) in [5, 5.41) is 10.7. The molecule has 3 rings (SSSR count). The fraction of sp³-hybridized carbons (Fsp3) is 0.892. The van der Waals surface area contributed by atoms with Gasteiger partial charge in [-0.2, -0.15) is 0 Å². The van der Waals surface area contributed by atoms with Gasteiger partial charge in [0, 0.05) is 25.1 Å². The minimum absolute atomic E-state index is 0.0175. The fourth-order valence-corrected chi connectivity index (χ4v) is 29.5. The van der Waals surface area contributed by atoms with Gasteiger partial charge in [-0.05, 0) is 99.9 Å². The zero-order chi connectivity index (χ0) is 35.5. The van der Waals surface area contributed by atoms with Crippen molar-refractivity contribution in [3.8, 4) is 0 Å². The summed E-state index contributed by atoms with van der Waals surface area (Å²) in [6.45, 7) is 26.0. The van der Waals surface area contributed by atoms with Gasteiger partial charge in [0.1, 0.15) is 7.34 Å². The number of hydrogen-bond acceptors (Lipinski definition) is 5. The fourth-order valence-electron chi connectivity index (χ4n) is 9.54. The zero-order valence-electron chi connectivity index (χ0n) is 32.3. The Hall–Kier alpha value is 1.00. The molecule has 1 heterocycles. The van der Waals surface area contributed by atoms with Crippen molar-refractivity contribution in [3.05, 3.63) is 0 Å². The molecular weight excluding hydrogens is 648 g/mol. The van der Waals surface area contributed by atoms with Gasteiger partial charge in [-0.1, -0.05) is 54.8 Å². The molecule has 272 valence electrons. The van der Waals surface area contributed by atoms with Gasteiger partial charge in [0.05, 0.1) is 36.6 Å². The van der Waals surface area contributed by atoms with E-state index in [1.165, 1.54) is 0 Å². The van der Waals surface area contributed by atoms with Crippen molar-refractivity contribution < 1.29 is 23.6 Å². The first-order valence-corrected chi connectivity index (χ1v) is 28.2. The van der Waals surface area contributed by atoms with Gasteiger partial charge < -0.3 is 23.6 Å². The third-order valence-electron chi connectivity index (χ3n) is 12.9. The highest BCUT2D eigenvalue weighted by atomic mass is 31.2. The van der Waals surface area contributed by atoms with Crippen LogP contribution in [0.2, 0.25) is 0 Å². The van der Waals surface area contributed by atoms with Crippen molar-refractivity contribution in [2.45, 2.75) is 105 Å². The lowest BCUT2D eigenvalue weighted by Gasteiger charge is -2.46. The molecule has 0 amide bonds. The van der Waals surface area contributed by atoms with Gasteiger partial charge in [0.2, 0.25) is 0 Å². The Morgan fingerprint density at radius 1 is 0.783 bits per heavy atom. The van der Waals surface area contributed by atoms with E-state index in [9.17, 15) is 5.11 Å². The van der Waals surface area contributed by atoms with Gasteiger partial charge in [0.15, 0.2) is 0 Å². The first-order chi connectivity index (χ1) is 20.6. The van der Waals surface area contributed by atoms with Crippen LogP contribution in [0.15, 0.2) is 0 Å². The minimum Gasteiger partial charge on any atom is -0.392 e. The summed E-state index contributed by atoms with van der Waals surface area (Å²) in [7, 11) is -0.565. The number of ether oxygens (including phenoxy) is 2. The van der Waals surface area contributed by atoms with Gasteiger partial charge in [0.25, 0.3) is 0 Å². The number of aliphatic hydroxyl groups is 1. The normalized spacial score (nSPS) is 42.6. The first kappa shape index (κ1) is 41.4. The number of aliphatic hydroxyl groups excluding tert-OH is 1. The standard InChI is InChI=1S/C37H74O5P4/c1-26-19-30(32(38)28(26)3)21-40-46(17,18)42-34-31(20-27(2)33(34)39-10)22-43(11,12)24-45(15,16)25-44(13,14)23-37(9)36(7,8)35(5,6)29(4)41-37/h26-34,38H,11,13,15,17,19-25H2,1-10,12,14,16,18H3. The minimum atomic E-state index is -2.37. The topological polar surface area (TPSA) is 57.2 Å². The Labute approximate surface area is 286 Å². The van der Waals surface area contributed by atoms with Gasteiger partial charge in [-0.15, -0.1) is 39.6 Å². The molecule has 0 spiro atoms. The van der Waals surface area contributed by atoms with Gasteiger partial charge in [-0.3, -0.25) is 0 Å². The van der Waals surface area contributed by atoms with Crippen LogP contribution in [0.25, 0.3) is 0 Å². The lowest BCUT2D eigenvalue weighted by atomic mass is 9.61. The van der Waals surface area contributed by atoms with Crippen LogP contribution in [-0.4, -0.2) is 125 Å². The molecule has 1 saturated heterocycles. The average molecular weight is 723 g/mol. The number of rotatable bonds is 14.